The molecule has 1 aromatic rings. The second kappa shape index (κ2) is 3.04. The first kappa shape index (κ1) is 6.04. The van der Waals surface area contributed by atoms with Gasteiger partial charge in [0.1, 0.15) is 5.03 Å². The largest absolute Gasteiger partial charge is 0.271 e. The lowest BCUT2D eigenvalue weighted by Gasteiger charge is -1.85. The predicted octanol–water partition coefficient (Wildman–Crippen LogP) is 1.78. The molecule has 0 saturated carbocycles. The van der Waals surface area contributed by atoms with Crippen molar-refractivity contribution in [3.63, 3.8) is 0 Å². The van der Waals surface area contributed by atoms with Crippen LogP contribution in [0.1, 0.15) is 0 Å². The molecule has 1 N–H and O–H groups in total. The maximum absolute atomic E-state index is 3.78. The van der Waals surface area contributed by atoms with Crippen molar-refractivity contribution in [1.29, 1.82) is 0 Å². The van der Waals surface area contributed by atoms with Crippen molar-refractivity contribution in [1.82, 2.24) is 10.2 Å². The Morgan fingerprint density at radius 1 is 1.75 bits per heavy atom. The van der Waals surface area contributed by atoms with E-state index in [1.54, 1.807) is 27.8 Å². The number of aromatic nitrogens is 2. The molecule has 4 heteroatoms. The van der Waals surface area contributed by atoms with Gasteiger partial charge >= 0.3 is 0 Å². The molecule has 0 amide bonds. The third-order valence-electron chi connectivity index (χ3n) is 0.648. The van der Waals surface area contributed by atoms with Crippen LogP contribution in [0.5, 0.6) is 0 Å². The molecule has 0 aliphatic rings. The standard InChI is InChI=1S/C4H6N2S2/c1-7-8-4-2-3-5-6-4/h2-3H,1H3,(H,5,6). The van der Waals surface area contributed by atoms with Gasteiger partial charge in [-0.1, -0.05) is 10.8 Å². The van der Waals surface area contributed by atoms with E-state index in [4.69, 9.17) is 0 Å². The minimum absolute atomic E-state index is 1.11. The first-order valence-electron chi connectivity index (χ1n) is 2.13. The predicted molar refractivity (Wildman–Crippen MR) is 38.0 cm³/mol. The second-order valence-electron chi connectivity index (χ2n) is 1.17. The Morgan fingerprint density at radius 3 is 3.12 bits per heavy atom. The molecule has 0 spiro atoms. The highest BCUT2D eigenvalue weighted by Crippen LogP contribution is 2.25. The summed E-state index contributed by atoms with van der Waals surface area (Å²) in [5, 5.41) is 7.72. The summed E-state index contributed by atoms with van der Waals surface area (Å²) < 4.78 is 0. The van der Waals surface area contributed by atoms with Gasteiger partial charge in [0, 0.05) is 6.20 Å². The van der Waals surface area contributed by atoms with Crippen LogP contribution in [0.3, 0.4) is 0 Å². The fourth-order valence-electron chi connectivity index (χ4n) is 0.379. The molecule has 2 nitrogen and oxygen atoms in total. The van der Waals surface area contributed by atoms with Crippen molar-refractivity contribution in [3.05, 3.63) is 12.3 Å². The molecule has 1 rings (SSSR count). The van der Waals surface area contributed by atoms with E-state index >= 15 is 0 Å². The molecular formula is C4H6N2S2. The van der Waals surface area contributed by atoms with Crippen molar-refractivity contribution in [2.45, 2.75) is 5.03 Å². The van der Waals surface area contributed by atoms with Crippen LogP contribution in [0.2, 0.25) is 0 Å². The minimum atomic E-state index is 1.11. The van der Waals surface area contributed by atoms with Gasteiger partial charge in [0.2, 0.25) is 0 Å². The van der Waals surface area contributed by atoms with Crippen molar-refractivity contribution in [2.75, 3.05) is 6.26 Å². The summed E-state index contributed by atoms with van der Waals surface area (Å²) in [6.07, 6.45) is 3.78. The SMILES string of the molecule is CSSc1ccn[nH]1. The van der Waals surface area contributed by atoms with Crippen molar-refractivity contribution in [2.24, 2.45) is 0 Å². The molecule has 0 radical (unpaired) electrons. The van der Waals surface area contributed by atoms with Gasteiger partial charge in [-0.3, -0.25) is 5.10 Å². The van der Waals surface area contributed by atoms with Crippen LogP contribution in [-0.2, 0) is 0 Å². The molecule has 0 aliphatic carbocycles. The Bertz CT molecular complexity index is 138. The highest BCUT2D eigenvalue weighted by molar-refractivity contribution is 8.76. The molecule has 0 unspecified atom stereocenters. The van der Waals surface area contributed by atoms with E-state index in [1.807, 2.05) is 12.3 Å². The fraction of sp³-hybridized carbons (Fsp3) is 0.250. The zero-order valence-corrected chi connectivity index (χ0v) is 6.05. The van der Waals surface area contributed by atoms with Gasteiger partial charge in [0.15, 0.2) is 0 Å². The van der Waals surface area contributed by atoms with Gasteiger partial charge in [-0.25, -0.2) is 0 Å². The smallest absolute Gasteiger partial charge is 0.101 e. The summed E-state index contributed by atoms with van der Waals surface area (Å²) in [4.78, 5) is 0. The molecule has 44 valence electrons. The van der Waals surface area contributed by atoms with Crippen molar-refractivity contribution in [3.8, 4) is 0 Å². The number of aromatic amines is 1. The van der Waals surface area contributed by atoms with Crippen LogP contribution >= 0.6 is 21.6 Å². The van der Waals surface area contributed by atoms with Gasteiger partial charge in [-0.2, -0.15) is 5.10 Å². The van der Waals surface area contributed by atoms with E-state index in [0.29, 0.717) is 0 Å². The van der Waals surface area contributed by atoms with Gasteiger partial charge in [-0.15, -0.1) is 0 Å². The van der Waals surface area contributed by atoms with E-state index in [2.05, 4.69) is 10.2 Å². The van der Waals surface area contributed by atoms with E-state index in [0.717, 1.165) is 5.03 Å². The maximum atomic E-state index is 3.78. The van der Waals surface area contributed by atoms with Crippen LogP contribution < -0.4 is 0 Å². The Morgan fingerprint density at radius 2 is 2.62 bits per heavy atom. The lowest BCUT2D eigenvalue weighted by Crippen LogP contribution is -1.64. The van der Waals surface area contributed by atoms with Crippen molar-refractivity contribution < 1.29 is 0 Å². The third-order valence-corrected chi connectivity index (χ3v) is 2.26. The number of H-pyrrole nitrogens is 1. The maximum Gasteiger partial charge on any atom is 0.101 e. The van der Waals surface area contributed by atoms with E-state index in [9.17, 15) is 0 Å². The summed E-state index contributed by atoms with van der Waals surface area (Å²) in [5.41, 5.74) is 0. The first-order chi connectivity index (χ1) is 3.93. The van der Waals surface area contributed by atoms with Crippen LogP contribution in [0.25, 0.3) is 0 Å². The van der Waals surface area contributed by atoms with E-state index in [1.165, 1.54) is 0 Å². The summed E-state index contributed by atoms with van der Waals surface area (Å²) in [7, 11) is 3.39. The second-order valence-corrected chi connectivity index (χ2v) is 3.61. The normalized spacial score (nSPS) is 9.62. The monoisotopic (exact) mass is 146 g/mol. The summed E-state index contributed by atoms with van der Waals surface area (Å²) in [6, 6.07) is 1.95. The Kier molecular flexibility index (Phi) is 2.29. The van der Waals surface area contributed by atoms with Crippen LogP contribution in [0.4, 0.5) is 0 Å². The highest BCUT2D eigenvalue weighted by atomic mass is 33.1. The molecule has 0 aromatic carbocycles. The zero-order valence-electron chi connectivity index (χ0n) is 4.42. The van der Waals surface area contributed by atoms with Crippen LogP contribution in [0.15, 0.2) is 17.3 Å². The number of hydrogen-bond acceptors (Lipinski definition) is 3. The quantitative estimate of drug-likeness (QED) is 0.645. The average Bonchev–Trinajstić information content (AvgIpc) is 2.19. The molecule has 1 aromatic heterocycles. The fourth-order valence-corrected chi connectivity index (χ4v) is 1.58. The Hall–Kier alpha value is -0.0900. The average molecular weight is 146 g/mol. The van der Waals surface area contributed by atoms with E-state index in [-0.39, 0.29) is 0 Å². The zero-order chi connectivity index (χ0) is 5.82. The first-order valence-corrected chi connectivity index (χ1v) is 4.69. The summed E-state index contributed by atoms with van der Waals surface area (Å²) in [5.74, 6) is 0. The molecular weight excluding hydrogens is 140 g/mol. The van der Waals surface area contributed by atoms with Gasteiger partial charge in [-0.05, 0) is 23.1 Å². The molecule has 0 atom stereocenters. The van der Waals surface area contributed by atoms with E-state index < -0.39 is 0 Å². The molecule has 0 bridgehead atoms. The Labute approximate surface area is 55.8 Å². The summed E-state index contributed by atoms with van der Waals surface area (Å²) in [6.45, 7) is 0. The lowest BCUT2D eigenvalue weighted by atomic mass is 10.8. The third kappa shape index (κ3) is 1.45. The van der Waals surface area contributed by atoms with Crippen molar-refractivity contribution >= 4 is 21.6 Å². The molecule has 1 heterocycles. The highest BCUT2D eigenvalue weighted by Gasteiger charge is 1.88. The number of nitrogens with zero attached hydrogens (tertiary/aromatic N) is 1. The number of rotatable bonds is 2. The van der Waals surface area contributed by atoms with Gasteiger partial charge < -0.3 is 0 Å². The number of nitrogens with one attached hydrogen (secondary N) is 1. The topological polar surface area (TPSA) is 28.7 Å². The molecule has 8 heavy (non-hydrogen) atoms. The van der Waals surface area contributed by atoms with Crippen LogP contribution in [-0.4, -0.2) is 16.5 Å². The lowest BCUT2D eigenvalue weighted by molar-refractivity contribution is 1.01. The molecule has 0 aliphatic heterocycles. The minimum Gasteiger partial charge on any atom is -0.271 e. The van der Waals surface area contributed by atoms with Gasteiger partial charge in [0.25, 0.3) is 0 Å². The Balaban J connectivity index is 2.50. The molecule has 0 fully saturated rings. The van der Waals surface area contributed by atoms with Crippen LogP contribution in [0, 0.1) is 0 Å². The summed E-state index contributed by atoms with van der Waals surface area (Å²) >= 11 is 0. The molecule has 0 saturated heterocycles. The van der Waals surface area contributed by atoms with Gasteiger partial charge in [0.05, 0.1) is 0 Å². The number of hydrogen-bond donors (Lipinski definition) is 1.